The molecule has 0 aromatic heterocycles. The van der Waals surface area contributed by atoms with Crippen molar-refractivity contribution in [1.29, 1.82) is 0 Å². The van der Waals surface area contributed by atoms with E-state index in [4.69, 9.17) is 16.3 Å². The number of non-ortho nitro benzene ring substituents is 1. The lowest BCUT2D eigenvalue weighted by molar-refractivity contribution is -0.384. The first-order chi connectivity index (χ1) is 14.5. The zero-order valence-corrected chi connectivity index (χ0v) is 16.3. The summed E-state index contributed by atoms with van der Waals surface area (Å²) < 4.78 is 5.59. The topological polar surface area (TPSA) is 111 Å². The van der Waals surface area contributed by atoms with Gasteiger partial charge in [-0.3, -0.25) is 30.6 Å². The fraction of sp³-hybridized carbons (Fsp3) is 0.0476. The maximum Gasteiger partial charge on any atom is 0.276 e. The average molecular weight is 426 g/mol. The van der Waals surface area contributed by atoms with E-state index in [-0.39, 0.29) is 22.9 Å². The molecule has 0 saturated heterocycles. The summed E-state index contributed by atoms with van der Waals surface area (Å²) in [6.45, 7) is -0.335. The van der Waals surface area contributed by atoms with Crippen LogP contribution in [0, 0.1) is 10.1 Å². The number of nitrogens with zero attached hydrogens (tertiary/aromatic N) is 1. The normalized spacial score (nSPS) is 10.2. The summed E-state index contributed by atoms with van der Waals surface area (Å²) in [6, 6.07) is 20.2. The number of nitro groups is 1. The monoisotopic (exact) mass is 425 g/mol. The van der Waals surface area contributed by atoms with Crippen LogP contribution in [0.1, 0.15) is 10.4 Å². The summed E-state index contributed by atoms with van der Waals surface area (Å²) in [7, 11) is 0. The number of nitro benzene ring substituents is 1. The SMILES string of the molecule is O=C(COc1ccccc1-c1ccccc1)NNC(=O)c1ccc([N+](=O)[O-])cc1Cl. The molecular weight excluding hydrogens is 410 g/mol. The second kappa shape index (κ2) is 9.53. The van der Waals surface area contributed by atoms with Crippen molar-refractivity contribution >= 4 is 29.1 Å². The lowest BCUT2D eigenvalue weighted by atomic mass is 10.1. The molecule has 0 aliphatic heterocycles. The molecule has 30 heavy (non-hydrogen) atoms. The van der Waals surface area contributed by atoms with Gasteiger partial charge in [-0.25, -0.2) is 0 Å². The third kappa shape index (κ3) is 5.12. The minimum absolute atomic E-state index is 0.0158. The predicted octanol–water partition coefficient (Wildman–Crippen LogP) is 3.76. The third-order valence-electron chi connectivity index (χ3n) is 4.05. The van der Waals surface area contributed by atoms with Gasteiger partial charge in [-0.1, -0.05) is 60.1 Å². The molecule has 0 spiro atoms. The number of benzene rings is 3. The predicted molar refractivity (Wildman–Crippen MR) is 111 cm³/mol. The van der Waals surface area contributed by atoms with Crippen molar-refractivity contribution in [2.45, 2.75) is 0 Å². The van der Waals surface area contributed by atoms with Crippen molar-refractivity contribution in [3.63, 3.8) is 0 Å². The van der Waals surface area contributed by atoms with Gasteiger partial charge in [0.1, 0.15) is 5.75 Å². The molecule has 0 fully saturated rings. The van der Waals surface area contributed by atoms with Gasteiger partial charge in [-0.15, -0.1) is 0 Å². The van der Waals surface area contributed by atoms with Crippen LogP contribution in [0.5, 0.6) is 5.75 Å². The highest BCUT2D eigenvalue weighted by molar-refractivity contribution is 6.34. The third-order valence-corrected chi connectivity index (χ3v) is 4.37. The van der Waals surface area contributed by atoms with E-state index < -0.39 is 16.7 Å². The minimum Gasteiger partial charge on any atom is -0.483 e. The highest BCUT2D eigenvalue weighted by Crippen LogP contribution is 2.29. The smallest absolute Gasteiger partial charge is 0.276 e. The molecule has 3 aromatic carbocycles. The summed E-state index contributed by atoms with van der Waals surface area (Å²) in [5.74, 6) is -0.791. The number of halogens is 1. The van der Waals surface area contributed by atoms with E-state index in [2.05, 4.69) is 10.9 Å². The fourth-order valence-electron chi connectivity index (χ4n) is 2.62. The number of hydrogen-bond acceptors (Lipinski definition) is 5. The number of hydrogen-bond donors (Lipinski definition) is 2. The van der Waals surface area contributed by atoms with Crippen LogP contribution in [0.15, 0.2) is 72.8 Å². The maximum absolute atomic E-state index is 12.1. The van der Waals surface area contributed by atoms with Crippen molar-refractivity contribution in [1.82, 2.24) is 10.9 Å². The molecule has 0 unspecified atom stereocenters. The van der Waals surface area contributed by atoms with E-state index in [1.54, 1.807) is 12.1 Å². The summed E-state index contributed by atoms with van der Waals surface area (Å²) in [4.78, 5) is 34.3. The molecule has 0 bridgehead atoms. The van der Waals surface area contributed by atoms with E-state index in [0.717, 1.165) is 23.3 Å². The first kappa shape index (κ1) is 20.8. The van der Waals surface area contributed by atoms with E-state index in [9.17, 15) is 19.7 Å². The number of hydrazine groups is 1. The molecule has 0 aliphatic carbocycles. The van der Waals surface area contributed by atoms with Crippen molar-refractivity contribution in [2.24, 2.45) is 0 Å². The van der Waals surface area contributed by atoms with E-state index in [1.807, 2.05) is 42.5 Å². The molecule has 2 amide bonds. The Balaban J connectivity index is 1.57. The lowest BCUT2D eigenvalue weighted by Crippen LogP contribution is -2.43. The van der Waals surface area contributed by atoms with Crippen LogP contribution in [0.25, 0.3) is 11.1 Å². The molecule has 8 nitrogen and oxygen atoms in total. The van der Waals surface area contributed by atoms with Crippen LogP contribution in [-0.4, -0.2) is 23.3 Å². The van der Waals surface area contributed by atoms with Crippen molar-refractivity contribution in [2.75, 3.05) is 6.61 Å². The Hall–Kier alpha value is -3.91. The number of para-hydroxylation sites is 1. The number of ether oxygens (including phenoxy) is 1. The van der Waals surface area contributed by atoms with Gasteiger partial charge in [0, 0.05) is 17.7 Å². The molecule has 152 valence electrons. The molecule has 3 rings (SSSR count). The molecular formula is C21H16ClN3O5. The molecule has 0 saturated carbocycles. The van der Waals surface area contributed by atoms with Crippen LogP contribution < -0.4 is 15.6 Å². The standard InChI is InChI=1S/C21H16ClN3O5/c22-18-12-15(25(28)29)10-11-17(18)21(27)24-23-20(26)13-30-19-9-5-4-8-16(19)14-6-2-1-3-7-14/h1-12H,13H2,(H,23,26)(H,24,27). The average Bonchev–Trinajstić information content (AvgIpc) is 2.76. The second-order valence-electron chi connectivity index (χ2n) is 6.07. The molecule has 0 aliphatic rings. The van der Waals surface area contributed by atoms with Crippen LogP contribution in [-0.2, 0) is 4.79 Å². The van der Waals surface area contributed by atoms with Crippen molar-refractivity contribution in [3.8, 4) is 16.9 Å². The Morgan fingerprint density at radius 1 is 0.967 bits per heavy atom. The van der Waals surface area contributed by atoms with E-state index in [0.29, 0.717) is 5.75 Å². The quantitative estimate of drug-likeness (QED) is 0.461. The summed E-state index contributed by atoms with van der Waals surface area (Å²) in [5, 5.41) is 10.6. The summed E-state index contributed by atoms with van der Waals surface area (Å²) >= 11 is 5.90. The van der Waals surface area contributed by atoms with Gasteiger partial charge in [0.2, 0.25) is 0 Å². The van der Waals surface area contributed by atoms with Gasteiger partial charge in [-0.2, -0.15) is 0 Å². The first-order valence-electron chi connectivity index (χ1n) is 8.76. The maximum atomic E-state index is 12.1. The Morgan fingerprint density at radius 2 is 1.67 bits per heavy atom. The highest BCUT2D eigenvalue weighted by atomic mass is 35.5. The minimum atomic E-state index is -0.715. The molecule has 2 N–H and O–H groups in total. The Morgan fingerprint density at radius 3 is 2.37 bits per heavy atom. The number of carbonyl (C=O) groups is 2. The molecule has 9 heteroatoms. The number of amides is 2. The van der Waals surface area contributed by atoms with Crippen LogP contribution in [0.2, 0.25) is 5.02 Å². The largest absolute Gasteiger partial charge is 0.483 e. The molecule has 0 heterocycles. The second-order valence-corrected chi connectivity index (χ2v) is 6.48. The van der Waals surface area contributed by atoms with E-state index >= 15 is 0 Å². The zero-order chi connectivity index (χ0) is 21.5. The summed E-state index contributed by atoms with van der Waals surface area (Å²) in [6.07, 6.45) is 0. The van der Waals surface area contributed by atoms with Crippen molar-refractivity contribution < 1.29 is 19.2 Å². The number of carbonyl (C=O) groups excluding carboxylic acids is 2. The Bertz CT molecular complexity index is 1090. The number of rotatable bonds is 6. The van der Waals surface area contributed by atoms with Gasteiger partial charge in [-0.05, 0) is 17.7 Å². The highest BCUT2D eigenvalue weighted by Gasteiger charge is 2.16. The Kier molecular flexibility index (Phi) is 6.61. The van der Waals surface area contributed by atoms with Crippen LogP contribution in [0.3, 0.4) is 0 Å². The molecule has 0 radical (unpaired) electrons. The van der Waals surface area contributed by atoms with Gasteiger partial charge < -0.3 is 4.74 Å². The van der Waals surface area contributed by atoms with Gasteiger partial charge in [0.05, 0.1) is 15.5 Å². The van der Waals surface area contributed by atoms with Gasteiger partial charge in [0.25, 0.3) is 17.5 Å². The van der Waals surface area contributed by atoms with Crippen LogP contribution >= 0.6 is 11.6 Å². The molecule has 3 aromatic rings. The summed E-state index contributed by atoms with van der Waals surface area (Å²) in [5.41, 5.74) is 5.92. The zero-order valence-electron chi connectivity index (χ0n) is 15.5. The van der Waals surface area contributed by atoms with Gasteiger partial charge >= 0.3 is 0 Å². The van der Waals surface area contributed by atoms with Gasteiger partial charge in [0.15, 0.2) is 6.61 Å². The molecule has 0 atom stereocenters. The van der Waals surface area contributed by atoms with Crippen molar-refractivity contribution in [3.05, 3.63) is 93.5 Å². The lowest BCUT2D eigenvalue weighted by Gasteiger charge is -2.12. The fourth-order valence-corrected chi connectivity index (χ4v) is 2.88. The van der Waals surface area contributed by atoms with Crippen LogP contribution in [0.4, 0.5) is 5.69 Å². The first-order valence-corrected chi connectivity index (χ1v) is 9.14. The number of nitrogens with one attached hydrogen (secondary N) is 2. The Labute approximate surface area is 176 Å². The van der Waals surface area contributed by atoms with E-state index in [1.165, 1.54) is 6.07 Å².